The second kappa shape index (κ2) is 4.84. The summed E-state index contributed by atoms with van der Waals surface area (Å²) in [7, 11) is 2.05. The van der Waals surface area contributed by atoms with Crippen molar-refractivity contribution < 1.29 is 4.74 Å². The number of rotatable bonds is 0. The van der Waals surface area contributed by atoms with Gasteiger partial charge in [-0.3, -0.25) is 9.98 Å². The molecule has 2 unspecified atom stereocenters. The second-order valence-corrected chi connectivity index (χ2v) is 3.29. The molecule has 0 saturated carbocycles. The van der Waals surface area contributed by atoms with Gasteiger partial charge in [-0.05, 0) is 13.8 Å². The maximum atomic E-state index is 4.65. The van der Waals surface area contributed by atoms with Crippen LogP contribution in [0.5, 0.6) is 0 Å². The lowest BCUT2D eigenvalue weighted by atomic mass is 10.2. The van der Waals surface area contributed by atoms with Gasteiger partial charge in [0.1, 0.15) is 6.61 Å². The van der Waals surface area contributed by atoms with Crippen molar-refractivity contribution in [3.05, 3.63) is 0 Å². The minimum atomic E-state index is 0.486. The zero-order valence-corrected chi connectivity index (χ0v) is 8.47. The molecule has 13 heavy (non-hydrogen) atoms. The zero-order valence-electron chi connectivity index (χ0n) is 8.47. The Labute approximate surface area is 79.3 Å². The Kier molecular flexibility index (Phi) is 3.73. The van der Waals surface area contributed by atoms with E-state index in [1.54, 1.807) is 0 Å². The lowest BCUT2D eigenvalue weighted by Crippen LogP contribution is -2.28. The fourth-order valence-corrected chi connectivity index (χ4v) is 1.04. The molecular formula is C9H17N3O. The molecule has 0 aromatic rings. The number of hydrogen-bond acceptors (Lipinski definition) is 4. The van der Waals surface area contributed by atoms with Crippen molar-refractivity contribution in [2.75, 3.05) is 20.2 Å². The number of hydrogen-bond donors (Lipinski definition) is 0. The highest BCUT2D eigenvalue weighted by atomic mass is 16.5. The smallest absolute Gasteiger partial charge is 0.169 e. The summed E-state index contributed by atoms with van der Waals surface area (Å²) in [6.45, 7) is 5.93. The molecule has 0 aromatic carbocycles. The minimum absolute atomic E-state index is 0.486. The van der Waals surface area contributed by atoms with E-state index in [4.69, 9.17) is 0 Å². The average Bonchev–Trinajstić information content (AvgIpc) is 2.75. The van der Waals surface area contributed by atoms with Crippen molar-refractivity contribution in [2.24, 2.45) is 9.98 Å². The van der Waals surface area contributed by atoms with E-state index in [9.17, 15) is 0 Å². The molecule has 2 rings (SSSR count). The summed E-state index contributed by atoms with van der Waals surface area (Å²) in [5.74, 6) is 0. The van der Waals surface area contributed by atoms with Crippen molar-refractivity contribution in [1.29, 1.82) is 0 Å². The quantitative estimate of drug-likeness (QED) is 0.556. The molecule has 2 aliphatic rings. The third kappa shape index (κ3) is 3.05. The Balaban J connectivity index is 0.000000145. The van der Waals surface area contributed by atoms with E-state index in [2.05, 4.69) is 40.5 Å². The minimum Gasteiger partial charge on any atom is -0.482 e. The van der Waals surface area contributed by atoms with Crippen LogP contribution in [0.15, 0.2) is 9.98 Å². The highest BCUT2D eigenvalue weighted by molar-refractivity contribution is 5.58. The fourth-order valence-electron chi connectivity index (χ4n) is 1.04. The monoisotopic (exact) mass is 183 g/mol. The van der Waals surface area contributed by atoms with E-state index in [1.807, 2.05) is 6.34 Å². The maximum absolute atomic E-state index is 4.65. The van der Waals surface area contributed by atoms with Gasteiger partial charge < -0.3 is 9.64 Å². The third-order valence-electron chi connectivity index (χ3n) is 2.31. The maximum Gasteiger partial charge on any atom is 0.169 e. The Morgan fingerprint density at radius 2 is 2.23 bits per heavy atom. The van der Waals surface area contributed by atoms with Crippen LogP contribution in [0.3, 0.4) is 0 Å². The van der Waals surface area contributed by atoms with Crippen molar-refractivity contribution in [2.45, 2.75) is 25.9 Å². The summed E-state index contributed by atoms with van der Waals surface area (Å²) < 4.78 is 4.65. The predicted molar refractivity (Wildman–Crippen MR) is 54.5 cm³/mol. The Morgan fingerprint density at radius 3 is 2.38 bits per heavy atom. The van der Waals surface area contributed by atoms with Gasteiger partial charge in [-0.2, -0.15) is 0 Å². The normalized spacial score (nSPS) is 29.9. The summed E-state index contributed by atoms with van der Waals surface area (Å²) in [5, 5.41) is 0. The van der Waals surface area contributed by atoms with Crippen LogP contribution < -0.4 is 0 Å². The Bertz CT molecular complexity index is 185. The summed E-state index contributed by atoms with van der Waals surface area (Å²) in [5.41, 5.74) is 0. The summed E-state index contributed by atoms with van der Waals surface area (Å²) in [6.07, 6.45) is 3.38. The van der Waals surface area contributed by atoms with Gasteiger partial charge in [-0.15, -0.1) is 0 Å². The molecule has 0 radical (unpaired) electrons. The Hall–Kier alpha value is -1.06. The van der Waals surface area contributed by atoms with Gasteiger partial charge in [0.15, 0.2) is 6.40 Å². The van der Waals surface area contributed by atoms with Crippen LogP contribution in [0.4, 0.5) is 0 Å². The molecule has 0 bridgehead atoms. The molecule has 0 fully saturated rings. The van der Waals surface area contributed by atoms with Gasteiger partial charge in [-0.25, -0.2) is 0 Å². The number of aliphatic imine (C=N–C) groups is 2. The first kappa shape index (κ1) is 10.0. The lowest BCUT2D eigenvalue weighted by molar-refractivity contribution is 0.361. The first-order valence-corrected chi connectivity index (χ1v) is 4.57. The highest BCUT2D eigenvalue weighted by Gasteiger charge is 2.18. The van der Waals surface area contributed by atoms with Crippen molar-refractivity contribution in [3.63, 3.8) is 0 Å². The van der Waals surface area contributed by atoms with E-state index in [0.717, 1.165) is 13.2 Å². The van der Waals surface area contributed by atoms with Crippen LogP contribution in [0.1, 0.15) is 13.8 Å². The van der Waals surface area contributed by atoms with Crippen LogP contribution in [-0.2, 0) is 4.74 Å². The highest BCUT2D eigenvalue weighted by Crippen LogP contribution is 2.08. The van der Waals surface area contributed by atoms with Crippen LogP contribution in [-0.4, -0.2) is 49.9 Å². The first-order valence-electron chi connectivity index (χ1n) is 4.57. The largest absolute Gasteiger partial charge is 0.482 e. The topological polar surface area (TPSA) is 37.2 Å². The standard InChI is InChI=1S/C6H12N2.C3H5NO/c1-5-6(2)8(3)4-7-5;1-2-5-3-4-1/h4-6H,1-3H3;3H,1-2H2. The van der Waals surface area contributed by atoms with E-state index in [0.29, 0.717) is 12.1 Å². The molecule has 0 N–H and O–H groups in total. The van der Waals surface area contributed by atoms with Crippen molar-refractivity contribution >= 4 is 12.7 Å². The lowest BCUT2D eigenvalue weighted by Gasteiger charge is -2.16. The van der Waals surface area contributed by atoms with Crippen molar-refractivity contribution in [3.8, 4) is 0 Å². The predicted octanol–water partition coefficient (Wildman–Crippen LogP) is 0.782. The van der Waals surface area contributed by atoms with Crippen LogP contribution in [0.25, 0.3) is 0 Å². The van der Waals surface area contributed by atoms with E-state index in [-0.39, 0.29) is 0 Å². The van der Waals surface area contributed by atoms with Crippen molar-refractivity contribution in [1.82, 2.24) is 4.90 Å². The molecule has 4 nitrogen and oxygen atoms in total. The van der Waals surface area contributed by atoms with Crippen LogP contribution >= 0.6 is 0 Å². The number of likely N-dealkylation sites (N-methyl/N-ethyl adjacent to an activating group) is 1. The fraction of sp³-hybridized carbons (Fsp3) is 0.778. The number of nitrogens with zero attached hydrogens (tertiary/aromatic N) is 3. The SMILES string of the molecule is C1=NCCO1.CC1N=CN(C)C1C. The average molecular weight is 183 g/mol. The van der Waals surface area contributed by atoms with Gasteiger partial charge in [0, 0.05) is 13.1 Å². The van der Waals surface area contributed by atoms with Gasteiger partial charge in [0.25, 0.3) is 0 Å². The molecular weight excluding hydrogens is 166 g/mol. The molecule has 4 heteroatoms. The molecule has 2 heterocycles. The molecule has 0 aliphatic carbocycles. The number of ether oxygens (including phenoxy) is 1. The molecule has 0 saturated heterocycles. The molecule has 0 amide bonds. The summed E-state index contributed by atoms with van der Waals surface area (Å²) in [6, 6.07) is 1.08. The van der Waals surface area contributed by atoms with Crippen LogP contribution in [0.2, 0.25) is 0 Å². The zero-order chi connectivity index (χ0) is 9.68. The van der Waals surface area contributed by atoms with E-state index in [1.165, 1.54) is 6.40 Å². The molecule has 2 atom stereocenters. The molecule has 0 aromatic heterocycles. The first-order chi connectivity index (χ1) is 6.22. The molecule has 2 aliphatic heterocycles. The molecule has 0 spiro atoms. The summed E-state index contributed by atoms with van der Waals surface area (Å²) >= 11 is 0. The van der Waals surface area contributed by atoms with Gasteiger partial charge >= 0.3 is 0 Å². The van der Waals surface area contributed by atoms with Gasteiger partial charge in [0.05, 0.1) is 18.9 Å². The van der Waals surface area contributed by atoms with E-state index >= 15 is 0 Å². The third-order valence-corrected chi connectivity index (χ3v) is 2.31. The van der Waals surface area contributed by atoms with Gasteiger partial charge in [0.2, 0.25) is 0 Å². The second-order valence-electron chi connectivity index (χ2n) is 3.29. The van der Waals surface area contributed by atoms with E-state index < -0.39 is 0 Å². The Morgan fingerprint density at radius 1 is 1.46 bits per heavy atom. The van der Waals surface area contributed by atoms with Gasteiger partial charge in [-0.1, -0.05) is 0 Å². The molecule has 74 valence electrons. The summed E-state index contributed by atoms with van der Waals surface area (Å²) in [4.78, 5) is 10.1. The van der Waals surface area contributed by atoms with Crippen LogP contribution in [0, 0.1) is 0 Å².